The maximum Gasteiger partial charge on any atom is 0.161 e. The lowest BCUT2D eigenvalue weighted by molar-refractivity contribution is 0.369. The molecule has 0 unspecified atom stereocenters. The van der Waals surface area contributed by atoms with Gasteiger partial charge in [0, 0.05) is 18.2 Å². The van der Waals surface area contributed by atoms with E-state index in [9.17, 15) is 10.2 Å². The summed E-state index contributed by atoms with van der Waals surface area (Å²) in [4.78, 5) is 0. The zero-order valence-electron chi connectivity index (χ0n) is 10.3. The Labute approximate surface area is 102 Å². The fraction of sp³-hybridized carbons (Fsp3) is 0.571. The molecule has 0 aromatic heterocycles. The van der Waals surface area contributed by atoms with E-state index >= 15 is 0 Å². The molecular weight excluding hydrogens is 214 g/mol. The minimum Gasteiger partial charge on any atom is -0.504 e. The van der Waals surface area contributed by atoms with Crippen molar-refractivity contribution >= 4 is 0 Å². The van der Waals surface area contributed by atoms with Gasteiger partial charge in [-0.3, -0.25) is 0 Å². The summed E-state index contributed by atoms with van der Waals surface area (Å²) in [5, 5.41) is 22.5. The Balaban J connectivity index is 1.90. The standard InChI is InChI=1S/C14H21NO2/c1-10(11-5-2-3-6-11)15-9-12-7-4-8-13(16)14(12)17/h4,7-8,10-11,15-17H,2-3,5-6,9H2,1H3/t10-/m0/s1. The Kier molecular flexibility index (Phi) is 3.89. The number of rotatable bonds is 4. The van der Waals surface area contributed by atoms with Gasteiger partial charge >= 0.3 is 0 Å². The van der Waals surface area contributed by atoms with Gasteiger partial charge in [0.15, 0.2) is 11.5 Å². The maximum atomic E-state index is 9.69. The quantitative estimate of drug-likeness (QED) is 0.703. The number of nitrogens with one attached hydrogen (secondary N) is 1. The van der Waals surface area contributed by atoms with E-state index in [1.807, 2.05) is 6.07 Å². The number of aromatic hydroxyl groups is 2. The largest absolute Gasteiger partial charge is 0.504 e. The van der Waals surface area contributed by atoms with Crippen LogP contribution in [-0.4, -0.2) is 16.3 Å². The zero-order valence-corrected chi connectivity index (χ0v) is 10.3. The van der Waals surface area contributed by atoms with Crippen LogP contribution in [0.2, 0.25) is 0 Å². The lowest BCUT2D eigenvalue weighted by Gasteiger charge is -2.20. The normalized spacial score (nSPS) is 18.4. The van der Waals surface area contributed by atoms with Gasteiger partial charge in [-0.2, -0.15) is 0 Å². The van der Waals surface area contributed by atoms with Crippen molar-refractivity contribution in [1.29, 1.82) is 0 Å². The van der Waals surface area contributed by atoms with E-state index in [2.05, 4.69) is 12.2 Å². The Morgan fingerprint density at radius 3 is 2.71 bits per heavy atom. The summed E-state index contributed by atoms with van der Waals surface area (Å²) in [6.07, 6.45) is 5.29. The molecule has 1 atom stereocenters. The van der Waals surface area contributed by atoms with E-state index in [1.165, 1.54) is 31.7 Å². The van der Waals surface area contributed by atoms with Gasteiger partial charge in [0.1, 0.15) is 0 Å². The second-order valence-corrected chi connectivity index (χ2v) is 5.00. The molecule has 3 N–H and O–H groups in total. The Bertz CT molecular complexity index is 372. The van der Waals surface area contributed by atoms with Crippen LogP contribution in [0.1, 0.15) is 38.2 Å². The van der Waals surface area contributed by atoms with Gasteiger partial charge in [-0.1, -0.05) is 25.0 Å². The third kappa shape index (κ3) is 2.91. The molecule has 1 aromatic carbocycles. The molecule has 1 aromatic rings. The molecule has 0 bridgehead atoms. The van der Waals surface area contributed by atoms with E-state index in [4.69, 9.17) is 0 Å². The SMILES string of the molecule is C[C@H](NCc1cccc(O)c1O)C1CCCC1. The van der Waals surface area contributed by atoms with Gasteiger partial charge in [-0.15, -0.1) is 0 Å². The molecule has 2 rings (SSSR count). The van der Waals surface area contributed by atoms with Gasteiger partial charge < -0.3 is 15.5 Å². The minimum atomic E-state index is -0.0437. The highest BCUT2D eigenvalue weighted by atomic mass is 16.3. The summed E-state index contributed by atoms with van der Waals surface area (Å²) < 4.78 is 0. The van der Waals surface area contributed by atoms with Crippen molar-refractivity contribution in [2.75, 3.05) is 0 Å². The zero-order chi connectivity index (χ0) is 12.3. The number of phenols is 2. The van der Waals surface area contributed by atoms with Crippen molar-refractivity contribution < 1.29 is 10.2 Å². The van der Waals surface area contributed by atoms with Crippen LogP contribution in [0.25, 0.3) is 0 Å². The predicted octanol–water partition coefficient (Wildman–Crippen LogP) is 2.77. The molecule has 0 heterocycles. The highest BCUT2D eigenvalue weighted by Gasteiger charge is 2.21. The fourth-order valence-electron chi connectivity index (χ4n) is 2.62. The highest BCUT2D eigenvalue weighted by Crippen LogP contribution is 2.30. The molecule has 1 fully saturated rings. The molecule has 0 spiro atoms. The molecule has 94 valence electrons. The Morgan fingerprint density at radius 1 is 1.29 bits per heavy atom. The smallest absolute Gasteiger partial charge is 0.161 e. The topological polar surface area (TPSA) is 52.5 Å². The van der Waals surface area contributed by atoms with Crippen LogP contribution >= 0.6 is 0 Å². The average Bonchev–Trinajstić information content (AvgIpc) is 2.84. The number of benzene rings is 1. The summed E-state index contributed by atoms with van der Waals surface area (Å²) in [7, 11) is 0. The van der Waals surface area contributed by atoms with E-state index < -0.39 is 0 Å². The molecule has 3 heteroatoms. The summed E-state index contributed by atoms with van der Waals surface area (Å²) in [5.74, 6) is 0.714. The van der Waals surface area contributed by atoms with Crippen molar-refractivity contribution in [3.63, 3.8) is 0 Å². The average molecular weight is 235 g/mol. The molecule has 0 aliphatic heterocycles. The number of hydrogen-bond donors (Lipinski definition) is 3. The molecular formula is C14H21NO2. The molecule has 0 radical (unpaired) electrons. The van der Waals surface area contributed by atoms with E-state index in [1.54, 1.807) is 6.07 Å². The molecule has 1 aliphatic carbocycles. The van der Waals surface area contributed by atoms with Crippen LogP contribution in [-0.2, 0) is 6.54 Å². The number of phenolic OH excluding ortho intramolecular Hbond substituents is 2. The molecule has 1 aliphatic rings. The maximum absolute atomic E-state index is 9.69. The van der Waals surface area contributed by atoms with E-state index in [0.717, 1.165) is 11.5 Å². The lowest BCUT2D eigenvalue weighted by Crippen LogP contribution is -2.31. The van der Waals surface area contributed by atoms with E-state index in [-0.39, 0.29) is 11.5 Å². The van der Waals surface area contributed by atoms with Gasteiger partial charge in [0.25, 0.3) is 0 Å². The van der Waals surface area contributed by atoms with E-state index in [0.29, 0.717) is 12.6 Å². The molecule has 17 heavy (non-hydrogen) atoms. The first-order valence-electron chi connectivity index (χ1n) is 6.41. The minimum absolute atomic E-state index is 0.00128. The van der Waals surface area contributed by atoms with Gasteiger partial charge in [-0.25, -0.2) is 0 Å². The van der Waals surface area contributed by atoms with Crippen molar-refractivity contribution in [2.45, 2.75) is 45.2 Å². The predicted molar refractivity (Wildman–Crippen MR) is 68.0 cm³/mol. The third-order valence-electron chi connectivity index (χ3n) is 3.82. The first kappa shape index (κ1) is 12.2. The lowest BCUT2D eigenvalue weighted by atomic mass is 9.99. The van der Waals surface area contributed by atoms with Gasteiger partial charge in [0.05, 0.1) is 0 Å². The number of hydrogen-bond acceptors (Lipinski definition) is 3. The van der Waals surface area contributed by atoms with Crippen molar-refractivity contribution in [3.8, 4) is 11.5 Å². The van der Waals surface area contributed by atoms with Crippen LogP contribution in [0.5, 0.6) is 11.5 Å². The van der Waals surface area contributed by atoms with Gasteiger partial charge in [0.2, 0.25) is 0 Å². The van der Waals surface area contributed by atoms with Crippen molar-refractivity contribution in [2.24, 2.45) is 5.92 Å². The van der Waals surface area contributed by atoms with Crippen LogP contribution < -0.4 is 5.32 Å². The summed E-state index contributed by atoms with van der Waals surface area (Å²) in [6, 6.07) is 5.56. The highest BCUT2D eigenvalue weighted by molar-refractivity contribution is 5.44. The molecule has 1 saturated carbocycles. The van der Waals surface area contributed by atoms with Crippen LogP contribution in [0.15, 0.2) is 18.2 Å². The first-order valence-corrected chi connectivity index (χ1v) is 6.41. The monoisotopic (exact) mass is 235 g/mol. The van der Waals surface area contributed by atoms with Crippen LogP contribution in [0.3, 0.4) is 0 Å². The Hall–Kier alpha value is -1.22. The number of para-hydroxylation sites is 1. The molecule has 3 nitrogen and oxygen atoms in total. The van der Waals surface area contributed by atoms with Crippen molar-refractivity contribution in [3.05, 3.63) is 23.8 Å². The molecule has 0 amide bonds. The summed E-state index contributed by atoms with van der Waals surface area (Å²) >= 11 is 0. The summed E-state index contributed by atoms with van der Waals surface area (Å²) in [6.45, 7) is 2.81. The van der Waals surface area contributed by atoms with Crippen molar-refractivity contribution in [1.82, 2.24) is 5.32 Å². The van der Waals surface area contributed by atoms with Crippen LogP contribution in [0, 0.1) is 5.92 Å². The second-order valence-electron chi connectivity index (χ2n) is 5.00. The Morgan fingerprint density at radius 2 is 2.00 bits per heavy atom. The van der Waals surface area contributed by atoms with Crippen LogP contribution in [0.4, 0.5) is 0 Å². The third-order valence-corrected chi connectivity index (χ3v) is 3.82. The second kappa shape index (κ2) is 5.41. The first-order chi connectivity index (χ1) is 8.18. The molecule has 0 saturated heterocycles. The fourth-order valence-corrected chi connectivity index (χ4v) is 2.62. The van der Waals surface area contributed by atoms with Gasteiger partial charge in [-0.05, 0) is 31.7 Å². The summed E-state index contributed by atoms with van der Waals surface area (Å²) in [5.41, 5.74) is 0.759.